The number of rotatable bonds is 5. The van der Waals surface area contributed by atoms with E-state index >= 15 is 0 Å². The molecule has 0 aliphatic carbocycles. The third kappa shape index (κ3) is 3.77. The summed E-state index contributed by atoms with van der Waals surface area (Å²) < 4.78 is 33.2. The molecule has 0 unspecified atom stereocenters. The van der Waals surface area contributed by atoms with Crippen molar-refractivity contribution in [3.8, 4) is 6.07 Å². The fraction of sp³-hybridized carbons (Fsp3) is 0.471. The smallest absolute Gasteiger partial charge is 0.244 e. The van der Waals surface area contributed by atoms with Gasteiger partial charge in [-0.05, 0) is 37.7 Å². The normalized spacial score (nSPS) is 21.2. The molecular formula is C17H21N5O3S. The lowest BCUT2D eigenvalue weighted by Crippen LogP contribution is -2.36. The van der Waals surface area contributed by atoms with Gasteiger partial charge >= 0.3 is 0 Å². The van der Waals surface area contributed by atoms with E-state index in [1.807, 2.05) is 31.9 Å². The molecule has 0 saturated carbocycles. The molecule has 1 saturated heterocycles. The minimum atomic E-state index is -3.66. The Morgan fingerprint density at radius 1 is 1.35 bits per heavy atom. The van der Waals surface area contributed by atoms with Crippen LogP contribution in [0.4, 0.5) is 0 Å². The third-order valence-electron chi connectivity index (χ3n) is 4.42. The highest BCUT2D eigenvalue weighted by Crippen LogP contribution is 2.31. The first-order chi connectivity index (χ1) is 12.3. The third-order valence-corrected chi connectivity index (χ3v) is 5.96. The Kier molecular flexibility index (Phi) is 5.09. The molecule has 1 N–H and O–H groups in total. The lowest BCUT2D eigenvalue weighted by Gasteiger charge is -2.14. The summed E-state index contributed by atoms with van der Waals surface area (Å²) >= 11 is 0. The second-order valence-electron chi connectivity index (χ2n) is 6.79. The summed E-state index contributed by atoms with van der Waals surface area (Å²) in [6, 6.07) is 7.44. The first kappa shape index (κ1) is 18.5. The van der Waals surface area contributed by atoms with Crippen LogP contribution in [0, 0.1) is 11.3 Å². The minimum absolute atomic E-state index is 0.122. The Balaban J connectivity index is 1.71. The summed E-state index contributed by atoms with van der Waals surface area (Å²) in [4.78, 5) is 6.57. The Morgan fingerprint density at radius 2 is 2.04 bits per heavy atom. The molecule has 1 aliphatic rings. The van der Waals surface area contributed by atoms with Gasteiger partial charge in [0.1, 0.15) is 0 Å². The van der Waals surface area contributed by atoms with Crippen LogP contribution >= 0.6 is 0 Å². The molecular weight excluding hydrogens is 354 g/mol. The van der Waals surface area contributed by atoms with Gasteiger partial charge in [0, 0.05) is 18.5 Å². The summed E-state index contributed by atoms with van der Waals surface area (Å²) in [6.45, 7) is 4.52. The molecule has 2 atom stereocenters. The van der Waals surface area contributed by atoms with Crippen LogP contribution in [-0.2, 0) is 10.0 Å². The van der Waals surface area contributed by atoms with E-state index in [4.69, 9.17) is 9.78 Å². The molecule has 0 radical (unpaired) electrons. The van der Waals surface area contributed by atoms with Crippen molar-refractivity contribution < 1.29 is 12.9 Å². The van der Waals surface area contributed by atoms with Crippen molar-refractivity contribution in [1.82, 2.24) is 19.8 Å². The maximum absolute atomic E-state index is 12.6. The lowest BCUT2D eigenvalue weighted by atomic mass is 10.2. The Labute approximate surface area is 152 Å². The number of nitrogens with one attached hydrogen (secondary N) is 1. The molecule has 8 nitrogen and oxygen atoms in total. The molecule has 1 aromatic heterocycles. The van der Waals surface area contributed by atoms with E-state index in [9.17, 15) is 8.42 Å². The second kappa shape index (κ2) is 7.15. The van der Waals surface area contributed by atoms with Gasteiger partial charge in [-0.2, -0.15) is 10.2 Å². The van der Waals surface area contributed by atoms with Gasteiger partial charge in [-0.25, -0.2) is 13.1 Å². The topological polar surface area (TPSA) is 112 Å². The van der Waals surface area contributed by atoms with Crippen molar-refractivity contribution in [3.63, 3.8) is 0 Å². The van der Waals surface area contributed by atoms with Crippen molar-refractivity contribution in [3.05, 3.63) is 41.5 Å². The van der Waals surface area contributed by atoms with E-state index < -0.39 is 10.0 Å². The number of sulfonamides is 1. The van der Waals surface area contributed by atoms with E-state index in [1.54, 1.807) is 0 Å². The van der Waals surface area contributed by atoms with Gasteiger partial charge in [-0.1, -0.05) is 19.0 Å². The van der Waals surface area contributed by atoms with Gasteiger partial charge in [0.25, 0.3) is 0 Å². The minimum Gasteiger partial charge on any atom is -0.338 e. The highest BCUT2D eigenvalue weighted by Gasteiger charge is 2.36. The predicted molar refractivity (Wildman–Crippen MR) is 93.6 cm³/mol. The SMILES string of the molecule is CC(C)c1noc([C@H]2C[C@H](NS(=O)(=O)c3ccc(C#N)cc3)CN2C)n1. The van der Waals surface area contributed by atoms with Crippen molar-refractivity contribution in [2.24, 2.45) is 0 Å². The van der Waals surface area contributed by atoms with Gasteiger partial charge in [0.05, 0.1) is 22.6 Å². The van der Waals surface area contributed by atoms with Crippen LogP contribution in [0.15, 0.2) is 33.7 Å². The van der Waals surface area contributed by atoms with Crippen molar-refractivity contribution in [2.75, 3.05) is 13.6 Å². The van der Waals surface area contributed by atoms with Crippen molar-refractivity contribution >= 4 is 10.0 Å². The monoisotopic (exact) mass is 375 g/mol. The van der Waals surface area contributed by atoms with Crippen LogP contribution < -0.4 is 4.72 Å². The standard InChI is InChI=1S/C17H21N5O3S/c1-11(2)16-19-17(25-20-16)15-8-13(10-22(15)3)21-26(23,24)14-6-4-12(9-18)5-7-14/h4-7,11,13,15,21H,8,10H2,1-3H3/t13-,15+/m0/s1. The number of hydrogen-bond donors (Lipinski definition) is 1. The first-order valence-electron chi connectivity index (χ1n) is 8.36. The quantitative estimate of drug-likeness (QED) is 0.848. The highest BCUT2D eigenvalue weighted by molar-refractivity contribution is 7.89. The number of nitrogens with zero attached hydrogens (tertiary/aromatic N) is 4. The fourth-order valence-corrected chi connectivity index (χ4v) is 4.23. The number of aromatic nitrogens is 2. The largest absolute Gasteiger partial charge is 0.338 e. The summed E-state index contributed by atoms with van der Waals surface area (Å²) in [7, 11) is -1.76. The molecule has 0 bridgehead atoms. The second-order valence-corrected chi connectivity index (χ2v) is 8.50. The van der Waals surface area contributed by atoms with Crippen LogP contribution in [-0.4, -0.2) is 43.1 Å². The zero-order valence-corrected chi connectivity index (χ0v) is 15.7. The molecule has 3 rings (SSSR count). The van der Waals surface area contributed by atoms with Gasteiger partial charge in [0.15, 0.2) is 5.82 Å². The van der Waals surface area contributed by atoms with Gasteiger partial charge in [-0.15, -0.1) is 0 Å². The Morgan fingerprint density at radius 3 is 2.62 bits per heavy atom. The Bertz CT molecular complexity index is 915. The summed E-state index contributed by atoms with van der Waals surface area (Å²) in [5, 5.41) is 12.8. The van der Waals surface area contributed by atoms with Gasteiger partial charge in [-0.3, -0.25) is 4.90 Å². The number of likely N-dealkylation sites (tertiary alicyclic amines) is 1. The van der Waals surface area contributed by atoms with Crippen LogP contribution in [0.1, 0.15) is 49.5 Å². The van der Waals surface area contributed by atoms with E-state index in [0.717, 1.165) is 0 Å². The van der Waals surface area contributed by atoms with Crippen molar-refractivity contribution in [1.29, 1.82) is 5.26 Å². The summed E-state index contributed by atoms with van der Waals surface area (Å²) in [5.74, 6) is 1.33. The van der Waals surface area contributed by atoms with Crippen LogP contribution in [0.3, 0.4) is 0 Å². The average molecular weight is 375 g/mol. The van der Waals surface area contributed by atoms with Crippen LogP contribution in [0.25, 0.3) is 0 Å². The summed E-state index contributed by atoms with van der Waals surface area (Å²) in [5.41, 5.74) is 0.418. The van der Waals surface area contributed by atoms with E-state index in [-0.39, 0.29) is 22.9 Å². The van der Waals surface area contributed by atoms with Gasteiger partial charge < -0.3 is 4.52 Å². The molecule has 0 amide bonds. The van der Waals surface area contributed by atoms with Crippen LogP contribution in [0.2, 0.25) is 0 Å². The van der Waals surface area contributed by atoms with E-state index in [2.05, 4.69) is 14.9 Å². The van der Waals surface area contributed by atoms with E-state index in [1.165, 1.54) is 24.3 Å². The molecule has 1 fully saturated rings. The fourth-order valence-electron chi connectivity index (χ4n) is 2.99. The molecule has 0 spiro atoms. The first-order valence-corrected chi connectivity index (χ1v) is 9.84. The lowest BCUT2D eigenvalue weighted by molar-refractivity contribution is 0.244. The molecule has 138 valence electrons. The van der Waals surface area contributed by atoms with Gasteiger partial charge in [0.2, 0.25) is 15.9 Å². The molecule has 9 heteroatoms. The molecule has 2 heterocycles. The number of benzene rings is 1. The van der Waals surface area contributed by atoms with E-state index in [0.29, 0.717) is 30.2 Å². The average Bonchev–Trinajstić information content (AvgIpc) is 3.21. The molecule has 1 aliphatic heterocycles. The molecule has 2 aromatic rings. The highest BCUT2D eigenvalue weighted by atomic mass is 32.2. The number of nitriles is 1. The summed E-state index contributed by atoms with van der Waals surface area (Å²) in [6.07, 6.45) is 0.547. The zero-order chi connectivity index (χ0) is 18.9. The number of hydrogen-bond acceptors (Lipinski definition) is 7. The predicted octanol–water partition coefficient (Wildman–Crippen LogP) is 1.79. The number of likely N-dealkylation sites (N-methyl/N-ethyl adjacent to an activating group) is 1. The zero-order valence-electron chi connectivity index (χ0n) is 14.9. The molecule has 1 aromatic carbocycles. The van der Waals surface area contributed by atoms with Crippen molar-refractivity contribution in [2.45, 2.75) is 43.2 Å². The van der Waals surface area contributed by atoms with Crippen LogP contribution in [0.5, 0.6) is 0 Å². The Hall–Kier alpha value is -2.28. The molecule has 26 heavy (non-hydrogen) atoms. The maximum atomic E-state index is 12.6. The maximum Gasteiger partial charge on any atom is 0.244 e.